The van der Waals surface area contributed by atoms with Crippen molar-refractivity contribution in [1.82, 2.24) is 4.90 Å². The lowest BCUT2D eigenvalue weighted by Crippen LogP contribution is -2.37. The van der Waals surface area contributed by atoms with Crippen LogP contribution in [0.15, 0.2) is 0 Å². The van der Waals surface area contributed by atoms with E-state index in [1.165, 1.54) is 12.0 Å². The Balaban J connectivity index is 4.15. The van der Waals surface area contributed by atoms with Crippen LogP contribution in [0, 0.1) is 5.41 Å². The van der Waals surface area contributed by atoms with Crippen LogP contribution in [0.3, 0.4) is 0 Å². The molecule has 0 aromatic rings. The molecule has 0 radical (unpaired) electrons. The number of methoxy groups -OCH3 is 1. The first kappa shape index (κ1) is 16.9. The van der Waals surface area contributed by atoms with Gasteiger partial charge in [-0.15, -0.1) is 0 Å². The van der Waals surface area contributed by atoms with E-state index in [0.29, 0.717) is 19.6 Å². The van der Waals surface area contributed by atoms with E-state index in [-0.39, 0.29) is 17.9 Å². The third-order valence-electron chi connectivity index (χ3n) is 2.56. The van der Waals surface area contributed by atoms with E-state index >= 15 is 0 Å². The number of aliphatic carboxylic acids is 1. The Hall–Kier alpha value is -1.10. The van der Waals surface area contributed by atoms with Crippen LogP contribution >= 0.6 is 0 Å². The highest BCUT2D eigenvalue weighted by Gasteiger charge is 2.17. The summed E-state index contributed by atoms with van der Waals surface area (Å²) in [6.07, 6.45) is 2.13. The van der Waals surface area contributed by atoms with Gasteiger partial charge in [-0.1, -0.05) is 20.8 Å². The summed E-state index contributed by atoms with van der Waals surface area (Å²) in [7, 11) is 1.53. The maximum absolute atomic E-state index is 11.9. The van der Waals surface area contributed by atoms with Gasteiger partial charge < -0.3 is 14.7 Å². The minimum atomic E-state index is -0.990. The van der Waals surface area contributed by atoms with Crippen LogP contribution in [0.25, 0.3) is 0 Å². The standard InChI is InChI=1S/C13H25NO4/c1-13(2,3)7-5-6-11(15)14(8-9-18-4)10-12(16)17/h5-10H2,1-4H3,(H,16,17). The van der Waals surface area contributed by atoms with Crippen LogP contribution in [0.1, 0.15) is 40.0 Å². The van der Waals surface area contributed by atoms with E-state index in [4.69, 9.17) is 9.84 Å². The van der Waals surface area contributed by atoms with Crippen molar-refractivity contribution < 1.29 is 19.4 Å². The summed E-state index contributed by atoms with van der Waals surface area (Å²) in [4.78, 5) is 23.9. The van der Waals surface area contributed by atoms with Crippen LogP contribution < -0.4 is 0 Å². The normalized spacial score (nSPS) is 11.3. The Bertz CT molecular complexity index is 271. The van der Waals surface area contributed by atoms with Gasteiger partial charge in [0.25, 0.3) is 0 Å². The van der Waals surface area contributed by atoms with Crippen LogP contribution in [0.4, 0.5) is 0 Å². The van der Waals surface area contributed by atoms with Gasteiger partial charge in [-0.3, -0.25) is 9.59 Å². The van der Waals surface area contributed by atoms with Crippen LogP contribution in [0.2, 0.25) is 0 Å². The van der Waals surface area contributed by atoms with Gasteiger partial charge in [-0.2, -0.15) is 0 Å². The summed E-state index contributed by atoms with van der Waals surface area (Å²) >= 11 is 0. The lowest BCUT2D eigenvalue weighted by molar-refractivity contribution is -0.145. The molecule has 0 aromatic heterocycles. The van der Waals surface area contributed by atoms with Crippen molar-refractivity contribution in [2.75, 3.05) is 26.8 Å². The molecule has 0 aliphatic carbocycles. The molecule has 0 spiro atoms. The Labute approximate surface area is 109 Å². The second-order valence-corrected chi connectivity index (χ2v) is 5.62. The van der Waals surface area contributed by atoms with Gasteiger partial charge in [-0.25, -0.2) is 0 Å². The lowest BCUT2D eigenvalue weighted by atomic mass is 9.90. The number of hydrogen-bond acceptors (Lipinski definition) is 3. The number of carbonyl (C=O) groups is 2. The molecule has 0 atom stereocenters. The van der Waals surface area contributed by atoms with Gasteiger partial charge in [0, 0.05) is 20.1 Å². The smallest absolute Gasteiger partial charge is 0.323 e. The molecule has 0 saturated carbocycles. The SMILES string of the molecule is COCCN(CC(=O)O)C(=O)CCCC(C)(C)C. The van der Waals surface area contributed by atoms with E-state index in [2.05, 4.69) is 20.8 Å². The highest BCUT2D eigenvalue weighted by atomic mass is 16.5. The van der Waals surface area contributed by atoms with Crippen molar-refractivity contribution in [2.45, 2.75) is 40.0 Å². The summed E-state index contributed by atoms with van der Waals surface area (Å²) in [6, 6.07) is 0. The molecule has 1 amide bonds. The van der Waals surface area contributed by atoms with Crippen LogP contribution in [-0.2, 0) is 14.3 Å². The molecule has 0 aliphatic rings. The molecule has 0 unspecified atom stereocenters. The number of nitrogens with zero attached hydrogens (tertiary/aromatic N) is 1. The minimum absolute atomic E-state index is 0.112. The molecule has 0 aliphatic heterocycles. The zero-order valence-corrected chi connectivity index (χ0v) is 11.9. The fraction of sp³-hybridized carbons (Fsp3) is 0.846. The molecule has 5 nitrogen and oxygen atoms in total. The molecule has 0 bridgehead atoms. The molecular weight excluding hydrogens is 234 g/mol. The summed E-state index contributed by atoms with van der Waals surface area (Å²) in [5, 5.41) is 8.75. The maximum atomic E-state index is 11.9. The van der Waals surface area contributed by atoms with Gasteiger partial charge in [0.15, 0.2) is 0 Å². The molecule has 0 rings (SSSR count). The third-order valence-corrected chi connectivity index (χ3v) is 2.56. The number of carboxylic acid groups (broad SMARTS) is 1. The molecule has 5 heteroatoms. The fourth-order valence-corrected chi connectivity index (χ4v) is 1.58. The quantitative estimate of drug-likeness (QED) is 0.721. The van der Waals surface area contributed by atoms with Crippen molar-refractivity contribution in [2.24, 2.45) is 5.41 Å². The van der Waals surface area contributed by atoms with Gasteiger partial charge in [-0.05, 0) is 18.3 Å². The Morgan fingerprint density at radius 2 is 1.89 bits per heavy atom. The van der Waals surface area contributed by atoms with Crippen molar-refractivity contribution in [3.05, 3.63) is 0 Å². The summed E-state index contributed by atoms with van der Waals surface area (Å²) in [5.74, 6) is -1.10. The molecule has 1 N–H and O–H groups in total. The lowest BCUT2D eigenvalue weighted by Gasteiger charge is -2.22. The van der Waals surface area contributed by atoms with Gasteiger partial charge in [0.2, 0.25) is 5.91 Å². The fourth-order valence-electron chi connectivity index (χ4n) is 1.58. The number of hydrogen-bond donors (Lipinski definition) is 1. The topological polar surface area (TPSA) is 66.8 Å². The first-order valence-electron chi connectivity index (χ1n) is 6.25. The highest BCUT2D eigenvalue weighted by molar-refractivity contribution is 5.81. The zero-order chi connectivity index (χ0) is 14.2. The molecule has 0 aromatic carbocycles. The number of amides is 1. The second kappa shape index (κ2) is 8.08. The van der Waals surface area contributed by atoms with Crippen molar-refractivity contribution in [1.29, 1.82) is 0 Å². The van der Waals surface area contributed by atoms with Gasteiger partial charge >= 0.3 is 5.97 Å². The number of carbonyl (C=O) groups excluding carboxylic acids is 1. The maximum Gasteiger partial charge on any atom is 0.323 e. The van der Waals surface area contributed by atoms with E-state index in [1.54, 1.807) is 0 Å². The third kappa shape index (κ3) is 8.98. The molecule has 0 fully saturated rings. The van der Waals surface area contributed by atoms with E-state index in [1.807, 2.05) is 0 Å². The molecule has 0 heterocycles. The Kier molecular flexibility index (Phi) is 7.59. The average molecular weight is 259 g/mol. The van der Waals surface area contributed by atoms with Gasteiger partial charge in [0.05, 0.1) is 6.61 Å². The predicted octanol–water partition coefficient (Wildman–Crippen LogP) is 1.76. The summed E-state index contributed by atoms with van der Waals surface area (Å²) < 4.78 is 4.88. The van der Waals surface area contributed by atoms with Crippen LogP contribution in [0.5, 0.6) is 0 Å². The van der Waals surface area contributed by atoms with E-state index < -0.39 is 5.97 Å². The first-order valence-corrected chi connectivity index (χ1v) is 6.25. The van der Waals surface area contributed by atoms with Crippen LogP contribution in [-0.4, -0.2) is 48.7 Å². The molecule has 0 saturated heterocycles. The zero-order valence-electron chi connectivity index (χ0n) is 11.9. The van der Waals surface area contributed by atoms with E-state index in [0.717, 1.165) is 12.8 Å². The van der Waals surface area contributed by atoms with Crippen molar-refractivity contribution >= 4 is 11.9 Å². The molecular formula is C13H25NO4. The summed E-state index contributed by atoms with van der Waals surface area (Å²) in [6.45, 7) is 6.80. The monoisotopic (exact) mass is 259 g/mol. The number of carboxylic acids is 1. The van der Waals surface area contributed by atoms with Crippen molar-refractivity contribution in [3.8, 4) is 0 Å². The number of rotatable bonds is 8. The molecule has 106 valence electrons. The first-order chi connectivity index (χ1) is 8.26. The van der Waals surface area contributed by atoms with E-state index in [9.17, 15) is 9.59 Å². The molecule has 18 heavy (non-hydrogen) atoms. The Morgan fingerprint density at radius 1 is 1.28 bits per heavy atom. The largest absolute Gasteiger partial charge is 0.480 e. The Morgan fingerprint density at radius 3 is 2.33 bits per heavy atom. The van der Waals surface area contributed by atoms with Crippen molar-refractivity contribution in [3.63, 3.8) is 0 Å². The predicted molar refractivity (Wildman–Crippen MR) is 69.4 cm³/mol. The second-order valence-electron chi connectivity index (χ2n) is 5.62. The van der Waals surface area contributed by atoms with Gasteiger partial charge in [0.1, 0.15) is 6.54 Å². The highest BCUT2D eigenvalue weighted by Crippen LogP contribution is 2.21. The minimum Gasteiger partial charge on any atom is -0.480 e. The average Bonchev–Trinajstić information content (AvgIpc) is 2.21. The number of ether oxygens (including phenoxy) is 1. The summed E-state index contributed by atoms with van der Waals surface area (Å²) in [5.41, 5.74) is 0.199.